The van der Waals surface area contributed by atoms with Gasteiger partial charge in [0.25, 0.3) is 0 Å². The van der Waals surface area contributed by atoms with E-state index in [-0.39, 0.29) is 0 Å². The first-order valence-corrected chi connectivity index (χ1v) is 6.65. The first kappa shape index (κ1) is 12.3. The molecule has 2 aliphatic rings. The molecule has 0 radical (unpaired) electrons. The molecule has 1 atom stereocenters. The number of aliphatic hydroxyl groups excluding tert-OH is 1. The maximum atomic E-state index is 9.55. The summed E-state index contributed by atoms with van der Waals surface area (Å²) in [6.07, 6.45) is 2.47. The Bertz CT molecular complexity index is 189. The largest absolute Gasteiger partial charge is 0.396 e. The van der Waals surface area contributed by atoms with Crippen LogP contribution in [0.1, 0.15) is 12.8 Å². The first-order chi connectivity index (χ1) is 7.90. The van der Waals surface area contributed by atoms with Crippen molar-refractivity contribution >= 4 is 0 Å². The van der Waals surface area contributed by atoms with Gasteiger partial charge in [0.05, 0.1) is 0 Å². The van der Waals surface area contributed by atoms with E-state index >= 15 is 0 Å². The van der Waals surface area contributed by atoms with Crippen molar-refractivity contribution in [2.75, 3.05) is 52.4 Å². The first-order valence-electron chi connectivity index (χ1n) is 6.65. The minimum Gasteiger partial charge on any atom is -0.396 e. The van der Waals surface area contributed by atoms with Gasteiger partial charge < -0.3 is 20.6 Å². The van der Waals surface area contributed by atoms with Crippen LogP contribution in [-0.2, 0) is 0 Å². The summed E-state index contributed by atoms with van der Waals surface area (Å²) in [6, 6.07) is 0. The van der Waals surface area contributed by atoms with E-state index in [9.17, 15) is 5.11 Å². The molecule has 0 aromatic heterocycles. The molecule has 4 heteroatoms. The minimum atomic E-state index is 0.356. The van der Waals surface area contributed by atoms with Crippen LogP contribution in [-0.4, -0.2) is 62.4 Å². The summed E-state index contributed by atoms with van der Waals surface area (Å²) in [7, 11) is 0. The van der Waals surface area contributed by atoms with E-state index in [1.807, 2.05) is 0 Å². The van der Waals surface area contributed by atoms with Crippen molar-refractivity contribution < 1.29 is 5.11 Å². The van der Waals surface area contributed by atoms with Gasteiger partial charge in [0.2, 0.25) is 0 Å². The van der Waals surface area contributed by atoms with Gasteiger partial charge in [-0.3, -0.25) is 0 Å². The third-order valence-corrected chi connectivity index (χ3v) is 3.99. The molecule has 2 aliphatic heterocycles. The highest BCUT2D eigenvalue weighted by atomic mass is 16.3. The predicted molar refractivity (Wildman–Crippen MR) is 65.5 cm³/mol. The van der Waals surface area contributed by atoms with Crippen LogP contribution in [0.25, 0.3) is 0 Å². The van der Waals surface area contributed by atoms with E-state index in [1.165, 1.54) is 12.8 Å². The smallest absolute Gasteiger partial charge is 0.0474 e. The van der Waals surface area contributed by atoms with Crippen molar-refractivity contribution in [3.63, 3.8) is 0 Å². The van der Waals surface area contributed by atoms with Crippen molar-refractivity contribution in [1.29, 1.82) is 0 Å². The van der Waals surface area contributed by atoms with Gasteiger partial charge in [-0.1, -0.05) is 0 Å². The van der Waals surface area contributed by atoms with Crippen LogP contribution in [0.3, 0.4) is 0 Å². The summed E-state index contributed by atoms with van der Waals surface area (Å²) in [5, 5.41) is 16.3. The molecular formula is C12H25N3O. The highest BCUT2D eigenvalue weighted by molar-refractivity contribution is 4.79. The molecule has 4 nitrogen and oxygen atoms in total. The zero-order valence-electron chi connectivity index (χ0n) is 10.1. The Balaban J connectivity index is 1.78. The molecule has 94 valence electrons. The number of piperidine rings is 1. The molecule has 0 aromatic carbocycles. The fraction of sp³-hybridized carbons (Fsp3) is 1.00. The summed E-state index contributed by atoms with van der Waals surface area (Å²) < 4.78 is 0. The SMILES string of the molecule is OCC(CN1CCNCC1)C1CCNCC1. The summed E-state index contributed by atoms with van der Waals surface area (Å²) in [5.41, 5.74) is 0. The molecule has 0 saturated carbocycles. The van der Waals surface area contributed by atoms with Crippen LogP contribution < -0.4 is 10.6 Å². The van der Waals surface area contributed by atoms with Crippen LogP contribution >= 0.6 is 0 Å². The Kier molecular flexibility index (Phi) is 5.03. The van der Waals surface area contributed by atoms with Crippen molar-refractivity contribution in [2.24, 2.45) is 11.8 Å². The van der Waals surface area contributed by atoms with Crippen molar-refractivity contribution in [3.05, 3.63) is 0 Å². The number of rotatable bonds is 4. The fourth-order valence-electron chi connectivity index (χ4n) is 2.90. The van der Waals surface area contributed by atoms with Gasteiger partial charge in [-0.25, -0.2) is 0 Å². The Labute approximate surface area is 98.4 Å². The zero-order chi connectivity index (χ0) is 11.2. The lowest BCUT2D eigenvalue weighted by Gasteiger charge is -2.35. The van der Waals surface area contributed by atoms with E-state index in [2.05, 4.69) is 15.5 Å². The highest BCUT2D eigenvalue weighted by Gasteiger charge is 2.25. The van der Waals surface area contributed by atoms with E-state index in [1.54, 1.807) is 0 Å². The molecule has 16 heavy (non-hydrogen) atoms. The Morgan fingerprint density at radius 1 is 1.06 bits per heavy atom. The maximum Gasteiger partial charge on any atom is 0.0474 e. The third-order valence-electron chi connectivity index (χ3n) is 3.99. The fourth-order valence-corrected chi connectivity index (χ4v) is 2.90. The number of hydrogen-bond donors (Lipinski definition) is 3. The molecule has 0 aliphatic carbocycles. The van der Waals surface area contributed by atoms with E-state index < -0.39 is 0 Å². The van der Waals surface area contributed by atoms with Gasteiger partial charge in [-0.15, -0.1) is 0 Å². The lowest BCUT2D eigenvalue weighted by Crippen LogP contribution is -2.47. The van der Waals surface area contributed by atoms with Gasteiger partial charge in [0, 0.05) is 39.3 Å². The summed E-state index contributed by atoms with van der Waals surface area (Å²) in [5.74, 6) is 1.21. The standard InChI is InChI=1S/C12H25N3O/c16-10-12(11-1-3-13-4-2-11)9-15-7-5-14-6-8-15/h11-14,16H,1-10H2. The molecule has 2 rings (SSSR count). The minimum absolute atomic E-state index is 0.356. The van der Waals surface area contributed by atoms with Crippen molar-refractivity contribution in [2.45, 2.75) is 12.8 Å². The Morgan fingerprint density at radius 3 is 2.31 bits per heavy atom. The van der Waals surface area contributed by atoms with Crippen LogP contribution in [0.4, 0.5) is 0 Å². The lowest BCUT2D eigenvalue weighted by molar-refractivity contribution is 0.0999. The number of hydrogen-bond acceptors (Lipinski definition) is 4. The Morgan fingerprint density at radius 2 is 1.69 bits per heavy atom. The third kappa shape index (κ3) is 3.42. The quantitative estimate of drug-likeness (QED) is 0.606. The molecule has 1 unspecified atom stereocenters. The average Bonchev–Trinajstić information content (AvgIpc) is 2.38. The predicted octanol–water partition coefficient (Wildman–Crippen LogP) is -0.500. The van der Waals surface area contributed by atoms with Gasteiger partial charge >= 0.3 is 0 Å². The molecule has 3 N–H and O–H groups in total. The van der Waals surface area contributed by atoms with Crippen LogP contribution in [0.2, 0.25) is 0 Å². The van der Waals surface area contributed by atoms with Crippen LogP contribution in [0.15, 0.2) is 0 Å². The zero-order valence-corrected chi connectivity index (χ0v) is 10.1. The number of nitrogens with one attached hydrogen (secondary N) is 2. The van der Waals surface area contributed by atoms with E-state index in [0.717, 1.165) is 51.7 Å². The molecule has 2 heterocycles. The maximum absolute atomic E-state index is 9.55. The van der Waals surface area contributed by atoms with Gasteiger partial charge in [-0.2, -0.15) is 0 Å². The van der Waals surface area contributed by atoms with Crippen LogP contribution in [0.5, 0.6) is 0 Å². The number of aliphatic hydroxyl groups is 1. The van der Waals surface area contributed by atoms with E-state index in [4.69, 9.17) is 0 Å². The number of piperazine rings is 1. The summed E-state index contributed by atoms with van der Waals surface area (Å²) in [4.78, 5) is 2.50. The number of nitrogens with zero attached hydrogens (tertiary/aromatic N) is 1. The van der Waals surface area contributed by atoms with Gasteiger partial charge in [0.15, 0.2) is 0 Å². The molecular weight excluding hydrogens is 202 g/mol. The second-order valence-electron chi connectivity index (χ2n) is 5.08. The Hall–Kier alpha value is -0.160. The molecule has 0 aromatic rings. The van der Waals surface area contributed by atoms with E-state index in [0.29, 0.717) is 12.5 Å². The van der Waals surface area contributed by atoms with Crippen LogP contribution in [0, 0.1) is 11.8 Å². The lowest BCUT2D eigenvalue weighted by atomic mass is 9.85. The second kappa shape index (κ2) is 6.55. The molecule has 2 saturated heterocycles. The normalized spacial score (nSPS) is 26.8. The van der Waals surface area contributed by atoms with Gasteiger partial charge in [0.1, 0.15) is 0 Å². The van der Waals surface area contributed by atoms with Crippen molar-refractivity contribution in [1.82, 2.24) is 15.5 Å². The molecule has 0 bridgehead atoms. The average molecular weight is 227 g/mol. The molecule has 0 amide bonds. The topological polar surface area (TPSA) is 47.5 Å². The molecule has 2 fully saturated rings. The summed E-state index contributed by atoms with van der Waals surface area (Å²) >= 11 is 0. The second-order valence-corrected chi connectivity index (χ2v) is 5.08. The monoisotopic (exact) mass is 227 g/mol. The van der Waals surface area contributed by atoms with Gasteiger partial charge in [-0.05, 0) is 37.8 Å². The summed E-state index contributed by atoms with van der Waals surface area (Å²) in [6.45, 7) is 8.18. The highest BCUT2D eigenvalue weighted by Crippen LogP contribution is 2.22. The van der Waals surface area contributed by atoms with Crippen molar-refractivity contribution in [3.8, 4) is 0 Å². The molecule has 0 spiro atoms.